The number of anilines is 1. The van der Waals surface area contributed by atoms with E-state index in [4.69, 9.17) is 4.98 Å². The molecular formula is C22H23N3O3S. The molecule has 6 nitrogen and oxygen atoms in total. The summed E-state index contributed by atoms with van der Waals surface area (Å²) in [7, 11) is 1.35. The fraction of sp³-hybridized carbons (Fsp3) is 0.318. The van der Waals surface area contributed by atoms with Crippen molar-refractivity contribution >= 4 is 39.1 Å². The highest BCUT2D eigenvalue weighted by atomic mass is 32.1. The number of ether oxygens (including phenoxy) is 1. The van der Waals surface area contributed by atoms with Crippen LogP contribution in [0.25, 0.3) is 10.2 Å². The number of amides is 1. The lowest BCUT2D eigenvalue weighted by Gasteiger charge is -2.31. The Hall–Kier alpha value is -2.77. The van der Waals surface area contributed by atoms with Crippen LogP contribution in [0, 0.1) is 0 Å². The van der Waals surface area contributed by atoms with Gasteiger partial charge in [-0.25, -0.2) is 9.78 Å². The SMILES string of the molecule is COC(=O)c1ccc(NC(=O)CN2CCC[C@@H](c3nc4ccccc4s3)C2)cc1. The van der Waals surface area contributed by atoms with Crippen LogP contribution in [-0.2, 0) is 9.53 Å². The first-order valence-corrected chi connectivity index (χ1v) is 10.5. The number of methoxy groups -OCH3 is 1. The van der Waals surface area contributed by atoms with Crippen molar-refractivity contribution in [1.29, 1.82) is 0 Å². The molecule has 2 heterocycles. The van der Waals surface area contributed by atoms with Crippen LogP contribution < -0.4 is 5.32 Å². The van der Waals surface area contributed by atoms with Gasteiger partial charge in [0.1, 0.15) is 0 Å². The van der Waals surface area contributed by atoms with E-state index in [1.165, 1.54) is 11.8 Å². The van der Waals surface area contributed by atoms with Crippen LogP contribution >= 0.6 is 11.3 Å². The van der Waals surface area contributed by atoms with Crippen molar-refractivity contribution < 1.29 is 14.3 Å². The van der Waals surface area contributed by atoms with E-state index in [1.807, 2.05) is 12.1 Å². The molecule has 0 aliphatic carbocycles. The minimum absolute atomic E-state index is 0.0548. The molecule has 1 aliphatic rings. The monoisotopic (exact) mass is 409 g/mol. The average Bonchev–Trinajstić information content (AvgIpc) is 3.18. The summed E-state index contributed by atoms with van der Waals surface area (Å²) in [6.45, 7) is 2.10. The number of hydrogen-bond acceptors (Lipinski definition) is 6. The number of aromatic nitrogens is 1. The number of thiazole rings is 1. The van der Waals surface area contributed by atoms with Crippen molar-refractivity contribution in [2.24, 2.45) is 0 Å². The summed E-state index contributed by atoms with van der Waals surface area (Å²) in [5.41, 5.74) is 2.18. The standard InChI is InChI=1S/C22H23N3O3S/c1-28-22(27)15-8-10-17(11-9-15)23-20(26)14-25-12-4-5-16(13-25)21-24-18-6-2-3-7-19(18)29-21/h2-3,6-11,16H,4-5,12-14H2,1H3,(H,23,26)/t16-/m1/s1. The molecule has 1 aliphatic heterocycles. The first-order chi connectivity index (χ1) is 14.1. The van der Waals surface area contributed by atoms with Crippen LogP contribution in [0.5, 0.6) is 0 Å². The zero-order valence-corrected chi connectivity index (χ0v) is 17.1. The number of fused-ring (bicyclic) bond motifs is 1. The Kier molecular flexibility index (Phi) is 5.87. The second-order valence-corrected chi connectivity index (χ2v) is 8.27. The van der Waals surface area contributed by atoms with Gasteiger partial charge in [-0.05, 0) is 55.8 Å². The highest BCUT2D eigenvalue weighted by Crippen LogP contribution is 2.32. The normalized spacial score (nSPS) is 17.2. The Morgan fingerprint density at radius 3 is 2.76 bits per heavy atom. The molecule has 1 N–H and O–H groups in total. The molecule has 0 saturated carbocycles. The fourth-order valence-electron chi connectivity index (χ4n) is 3.68. The number of benzene rings is 2. The number of carbonyl (C=O) groups is 2. The zero-order valence-electron chi connectivity index (χ0n) is 16.3. The lowest BCUT2D eigenvalue weighted by Crippen LogP contribution is -2.39. The predicted molar refractivity (Wildman–Crippen MR) is 114 cm³/mol. The molecule has 1 aromatic heterocycles. The molecule has 7 heteroatoms. The van der Waals surface area contributed by atoms with Gasteiger partial charge in [-0.15, -0.1) is 11.3 Å². The van der Waals surface area contributed by atoms with E-state index in [1.54, 1.807) is 35.6 Å². The Labute approximate surface area is 173 Å². The largest absolute Gasteiger partial charge is 0.465 e. The maximum Gasteiger partial charge on any atom is 0.337 e. The van der Waals surface area contributed by atoms with E-state index < -0.39 is 5.97 Å². The van der Waals surface area contributed by atoms with Crippen LogP contribution in [0.1, 0.15) is 34.1 Å². The molecular weight excluding hydrogens is 386 g/mol. The van der Waals surface area contributed by atoms with Crippen LogP contribution in [0.2, 0.25) is 0 Å². The third-order valence-corrected chi connectivity index (χ3v) is 6.32. The smallest absolute Gasteiger partial charge is 0.337 e. The van der Waals surface area contributed by atoms with E-state index in [0.717, 1.165) is 36.5 Å². The number of para-hydroxylation sites is 1. The number of esters is 1. The minimum atomic E-state index is -0.392. The summed E-state index contributed by atoms with van der Waals surface area (Å²) in [4.78, 5) is 31.0. The summed E-state index contributed by atoms with van der Waals surface area (Å²) in [6.07, 6.45) is 2.16. The quantitative estimate of drug-likeness (QED) is 0.647. The second kappa shape index (κ2) is 8.71. The Balaban J connectivity index is 1.35. The second-order valence-electron chi connectivity index (χ2n) is 7.21. The molecule has 0 unspecified atom stereocenters. The molecule has 1 atom stereocenters. The summed E-state index contributed by atoms with van der Waals surface area (Å²) in [5.74, 6) is -0.0776. The van der Waals surface area contributed by atoms with Crippen LogP contribution in [-0.4, -0.2) is 48.5 Å². The molecule has 1 fully saturated rings. The Morgan fingerprint density at radius 2 is 2.00 bits per heavy atom. The van der Waals surface area contributed by atoms with Gasteiger partial charge in [0.2, 0.25) is 5.91 Å². The van der Waals surface area contributed by atoms with Crippen molar-refractivity contribution in [1.82, 2.24) is 9.88 Å². The third-order valence-electron chi connectivity index (χ3n) is 5.12. The van der Waals surface area contributed by atoms with Crippen LogP contribution in [0.15, 0.2) is 48.5 Å². The number of carbonyl (C=O) groups excluding carboxylic acids is 2. The van der Waals surface area contributed by atoms with E-state index >= 15 is 0 Å². The summed E-state index contributed by atoms with van der Waals surface area (Å²) >= 11 is 1.76. The molecule has 2 aromatic carbocycles. The number of hydrogen-bond donors (Lipinski definition) is 1. The Bertz CT molecular complexity index is 983. The van der Waals surface area contributed by atoms with Crippen molar-refractivity contribution in [3.63, 3.8) is 0 Å². The van der Waals surface area contributed by atoms with Gasteiger partial charge in [-0.1, -0.05) is 12.1 Å². The molecule has 4 rings (SSSR count). The summed E-state index contributed by atoms with van der Waals surface area (Å²) in [5, 5.41) is 4.07. The fourth-order valence-corrected chi connectivity index (χ4v) is 4.77. The number of nitrogens with zero attached hydrogens (tertiary/aromatic N) is 2. The first kappa shape index (κ1) is 19.5. The molecule has 150 valence electrons. The number of rotatable bonds is 5. The van der Waals surface area contributed by atoms with Gasteiger partial charge in [0.05, 0.1) is 34.4 Å². The third kappa shape index (κ3) is 4.63. The van der Waals surface area contributed by atoms with Crippen molar-refractivity contribution in [3.8, 4) is 0 Å². The average molecular weight is 410 g/mol. The van der Waals surface area contributed by atoms with E-state index in [-0.39, 0.29) is 5.91 Å². The summed E-state index contributed by atoms with van der Waals surface area (Å²) < 4.78 is 5.90. The van der Waals surface area contributed by atoms with E-state index in [0.29, 0.717) is 23.7 Å². The van der Waals surface area contributed by atoms with Crippen molar-refractivity contribution in [3.05, 3.63) is 59.1 Å². The van der Waals surface area contributed by atoms with Gasteiger partial charge in [-0.3, -0.25) is 9.69 Å². The van der Waals surface area contributed by atoms with Gasteiger partial charge in [-0.2, -0.15) is 0 Å². The highest BCUT2D eigenvalue weighted by Gasteiger charge is 2.25. The molecule has 1 amide bonds. The molecule has 0 radical (unpaired) electrons. The van der Waals surface area contributed by atoms with Crippen LogP contribution in [0.4, 0.5) is 5.69 Å². The van der Waals surface area contributed by atoms with Crippen LogP contribution in [0.3, 0.4) is 0 Å². The number of likely N-dealkylation sites (tertiary alicyclic amines) is 1. The van der Waals surface area contributed by atoms with E-state index in [9.17, 15) is 9.59 Å². The van der Waals surface area contributed by atoms with E-state index in [2.05, 4.69) is 27.1 Å². The maximum absolute atomic E-state index is 12.5. The lowest BCUT2D eigenvalue weighted by molar-refractivity contribution is -0.117. The Morgan fingerprint density at radius 1 is 1.21 bits per heavy atom. The predicted octanol–water partition coefficient (Wildman–Crippen LogP) is 3.90. The zero-order chi connectivity index (χ0) is 20.2. The van der Waals surface area contributed by atoms with Gasteiger partial charge in [0.15, 0.2) is 0 Å². The van der Waals surface area contributed by atoms with Gasteiger partial charge in [0, 0.05) is 18.2 Å². The van der Waals surface area contributed by atoms with Gasteiger partial charge >= 0.3 is 5.97 Å². The summed E-state index contributed by atoms with van der Waals surface area (Å²) in [6, 6.07) is 14.9. The molecule has 1 saturated heterocycles. The molecule has 0 bridgehead atoms. The van der Waals surface area contributed by atoms with Crippen molar-refractivity contribution in [2.75, 3.05) is 32.1 Å². The van der Waals surface area contributed by atoms with Gasteiger partial charge in [0.25, 0.3) is 0 Å². The van der Waals surface area contributed by atoms with Gasteiger partial charge < -0.3 is 10.1 Å². The topological polar surface area (TPSA) is 71.5 Å². The van der Waals surface area contributed by atoms with Crippen molar-refractivity contribution in [2.45, 2.75) is 18.8 Å². The number of piperidine rings is 1. The number of nitrogens with one attached hydrogen (secondary N) is 1. The molecule has 3 aromatic rings. The molecule has 0 spiro atoms. The first-order valence-electron chi connectivity index (χ1n) is 9.68. The molecule has 29 heavy (non-hydrogen) atoms. The highest BCUT2D eigenvalue weighted by molar-refractivity contribution is 7.18. The lowest BCUT2D eigenvalue weighted by atomic mass is 9.99. The maximum atomic E-state index is 12.5. The minimum Gasteiger partial charge on any atom is -0.465 e.